The summed E-state index contributed by atoms with van der Waals surface area (Å²) in [4.78, 5) is 12.9. The third-order valence-corrected chi connectivity index (χ3v) is 10.2. The molecule has 0 saturated heterocycles. The molecule has 1 amide bonds. The molecule has 37 heavy (non-hydrogen) atoms. The van der Waals surface area contributed by atoms with Crippen molar-refractivity contribution in [1.29, 1.82) is 0 Å². The van der Waals surface area contributed by atoms with E-state index in [1.165, 1.54) is 66.9 Å². The van der Waals surface area contributed by atoms with Gasteiger partial charge in [0, 0.05) is 38.3 Å². The Labute approximate surface area is 216 Å². The van der Waals surface area contributed by atoms with Gasteiger partial charge in [-0.3, -0.25) is 10.1 Å². The number of carbonyl (C=O) groups excluding carboxylic acids is 1. The van der Waals surface area contributed by atoms with Crippen LogP contribution in [0.5, 0.6) is 0 Å². The Morgan fingerprint density at radius 3 is 2.00 bits per heavy atom. The average molecular weight is 548 g/mol. The second-order valence-corrected chi connectivity index (χ2v) is 13.2. The fraction of sp³-hybridized carbons (Fsp3) is 0.375. The van der Waals surface area contributed by atoms with Gasteiger partial charge >= 0.3 is 6.01 Å². The van der Waals surface area contributed by atoms with Gasteiger partial charge < -0.3 is 4.42 Å². The summed E-state index contributed by atoms with van der Waals surface area (Å²) in [7, 11) is -2.74. The van der Waals surface area contributed by atoms with Gasteiger partial charge in [-0.2, -0.15) is 4.31 Å². The second kappa shape index (κ2) is 10.7. The molecule has 0 atom stereocenters. The molecule has 0 radical (unpaired) electrons. The maximum atomic E-state index is 13.0. The van der Waals surface area contributed by atoms with E-state index < -0.39 is 26.0 Å². The number of rotatable bonds is 8. The number of benzene rings is 2. The minimum atomic E-state index is -3.66. The highest BCUT2D eigenvalue weighted by Crippen LogP contribution is 2.27. The van der Waals surface area contributed by atoms with Crippen LogP contribution in [0.3, 0.4) is 0 Å². The van der Waals surface area contributed by atoms with Crippen LogP contribution >= 0.6 is 0 Å². The normalized spacial score (nSPS) is 15.3. The summed E-state index contributed by atoms with van der Waals surface area (Å²) >= 11 is 0. The van der Waals surface area contributed by atoms with Gasteiger partial charge in [-0.1, -0.05) is 24.4 Å². The van der Waals surface area contributed by atoms with Crippen LogP contribution < -0.4 is 5.32 Å². The zero-order valence-electron chi connectivity index (χ0n) is 20.8. The molecule has 1 aliphatic carbocycles. The molecule has 0 aliphatic heterocycles. The van der Waals surface area contributed by atoms with Gasteiger partial charge in [-0.05, 0) is 61.4 Å². The second-order valence-electron chi connectivity index (χ2n) is 9.02. The van der Waals surface area contributed by atoms with Gasteiger partial charge in [0.1, 0.15) is 0 Å². The lowest BCUT2D eigenvalue weighted by atomic mass is 9.96. The first-order valence-corrected chi connectivity index (χ1v) is 14.6. The number of anilines is 1. The molecule has 1 aliphatic rings. The van der Waals surface area contributed by atoms with Crippen LogP contribution in [0.4, 0.5) is 6.01 Å². The van der Waals surface area contributed by atoms with Crippen molar-refractivity contribution >= 4 is 32.0 Å². The van der Waals surface area contributed by atoms with Gasteiger partial charge in [0.25, 0.3) is 5.91 Å². The minimum absolute atomic E-state index is 0.0120. The van der Waals surface area contributed by atoms with Crippen molar-refractivity contribution in [3.63, 3.8) is 0 Å². The molecule has 4 rings (SSSR count). The van der Waals surface area contributed by atoms with Crippen molar-refractivity contribution in [3.05, 3.63) is 54.1 Å². The number of nitrogens with zero attached hydrogens (tertiary/aromatic N) is 4. The molecule has 0 bridgehead atoms. The lowest BCUT2D eigenvalue weighted by Gasteiger charge is -2.30. The molecule has 0 unspecified atom stereocenters. The molecule has 1 N–H and O–H groups in total. The number of sulfonamides is 2. The van der Waals surface area contributed by atoms with Gasteiger partial charge in [-0.25, -0.2) is 21.1 Å². The van der Waals surface area contributed by atoms with E-state index in [4.69, 9.17) is 4.42 Å². The maximum absolute atomic E-state index is 13.0. The van der Waals surface area contributed by atoms with E-state index in [1.54, 1.807) is 7.05 Å². The molecule has 13 heteroatoms. The molecule has 3 aromatic rings. The number of aromatic nitrogens is 2. The highest BCUT2D eigenvalue weighted by Gasteiger charge is 2.29. The summed E-state index contributed by atoms with van der Waals surface area (Å²) in [6.45, 7) is 0. The zero-order valence-corrected chi connectivity index (χ0v) is 22.4. The highest BCUT2D eigenvalue weighted by molar-refractivity contribution is 7.89. The van der Waals surface area contributed by atoms with Gasteiger partial charge in [-0.15, -0.1) is 5.10 Å². The van der Waals surface area contributed by atoms with Crippen molar-refractivity contribution < 1.29 is 26.0 Å². The Balaban J connectivity index is 1.43. The van der Waals surface area contributed by atoms with Gasteiger partial charge in [0.2, 0.25) is 25.9 Å². The topological polar surface area (TPSA) is 143 Å². The fourth-order valence-corrected chi connectivity index (χ4v) is 6.44. The molecule has 0 spiro atoms. The summed E-state index contributed by atoms with van der Waals surface area (Å²) in [5, 5.41) is 10.2. The Kier molecular flexibility index (Phi) is 7.78. The molecular weight excluding hydrogens is 518 g/mol. The van der Waals surface area contributed by atoms with Crippen LogP contribution in [0.25, 0.3) is 11.5 Å². The van der Waals surface area contributed by atoms with E-state index in [0.29, 0.717) is 5.56 Å². The van der Waals surface area contributed by atoms with E-state index >= 15 is 0 Å². The molecule has 1 fully saturated rings. The Hall–Kier alpha value is -3.13. The molecule has 11 nitrogen and oxygen atoms in total. The van der Waals surface area contributed by atoms with Gasteiger partial charge in [0.05, 0.1) is 9.79 Å². The summed E-state index contributed by atoms with van der Waals surface area (Å²) in [5.41, 5.74) is 0.694. The number of carbonyl (C=O) groups is 1. The van der Waals surface area contributed by atoms with Crippen LogP contribution in [0.2, 0.25) is 0 Å². The maximum Gasteiger partial charge on any atom is 0.322 e. The molecule has 1 saturated carbocycles. The van der Waals surface area contributed by atoms with Crippen LogP contribution in [0.15, 0.2) is 62.7 Å². The fourth-order valence-electron chi connectivity index (χ4n) is 4.13. The van der Waals surface area contributed by atoms with Crippen LogP contribution in [-0.4, -0.2) is 68.7 Å². The molecule has 2 aromatic carbocycles. The Morgan fingerprint density at radius 1 is 0.838 bits per heavy atom. The summed E-state index contributed by atoms with van der Waals surface area (Å²) in [6.07, 6.45) is 4.86. The first-order chi connectivity index (χ1) is 17.5. The molecular formula is C24H29N5O6S2. The first-order valence-electron chi connectivity index (χ1n) is 11.8. The smallest absolute Gasteiger partial charge is 0.322 e. The molecule has 1 heterocycles. The Morgan fingerprint density at radius 2 is 1.41 bits per heavy atom. The first kappa shape index (κ1) is 26.9. The number of nitrogens with one attached hydrogen (secondary N) is 1. The number of amides is 1. The van der Waals surface area contributed by atoms with Crippen molar-refractivity contribution in [3.8, 4) is 11.5 Å². The van der Waals surface area contributed by atoms with Gasteiger partial charge in [0.15, 0.2) is 0 Å². The quantitative estimate of drug-likeness (QED) is 0.453. The molecule has 198 valence electrons. The average Bonchev–Trinajstić information content (AvgIpc) is 3.37. The standard InChI is InChI=1S/C24H29N5O6S2/c1-28(2)36(31,32)20-15-11-18(12-16-20)23-26-27-24(35-23)25-22(30)17-9-13-21(14-10-17)37(33,34)29(3)19-7-5-4-6-8-19/h9-16,19H,4-8H2,1-3H3,(H,25,27,30). The van der Waals surface area contributed by atoms with Crippen LogP contribution in [-0.2, 0) is 20.0 Å². The summed E-state index contributed by atoms with van der Waals surface area (Å²) < 4.78 is 58.5. The van der Waals surface area contributed by atoms with Crippen molar-refractivity contribution in [2.75, 3.05) is 26.5 Å². The monoisotopic (exact) mass is 547 g/mol. The SMILES string of the molecule is CN(C)S(=O)(=O)c1ccc(-c2nnc(NC(=O)c3ccc(S(=O)(=O)N(C)C4CCCCC4)cc3)o2)cc1. The van der Waals surface area contributed by atoms with E-state index in [-0.39, 0.29) is 33.3 Å². The summed E-state index contributed by atoms with van der Waals surface area (Å²) in [6, 6.07) is 11.4. The highest BCUT2D eigenvalue weighted by atomic mass is 32.2. The summed E-state index contributed by atoms with van der Waals surface area (Å²) in [5.74, 6) is -0.455. The molecule has 1 aromatic heterocycles. The predicted molar refractivity (Wildman–Crippen MR) is 137 cm³/mol. The van der Waals surface area contributed by atoms with E-state index in [2.05, 4.69) is 15.5 Å². The number of hydrogen-bond donors (Lipinski definition) is 1. The van der Waals surface area contributed by atoms with E-state index in [1.807, 2.05) is 0 Å². The Bertz CT molecular complexity index is 1460. The number of hydrogen-bond acceptors (Lipinski definition) is 8. The van der Waals surface area contributed by atoms with Crippen LogP contribution in [0, 0.1) is 0 Å². The largest absolute Gasteiger partial charge is 0.403 e. The van der Waals surface area contributed by atoms with Crippen molar-refractivity contribution in [2.24, 2.45) is 0 Å². The third-order valence-electron chi connectivity index (χ3n) is 6.41. The third kappa shape index (κ3) is 5.74. The van der Waals surface area contributed by atoms with E-state index in [9.17, 15) is 21.6 Å². The lowest BCUT2D eigenvalue weighted by molar-refractivity contribution is 0.102. The minimum Gasteiger partial charge on any atom is -0.403 e. The van der Waals surface area contributed by atoms with E-state index in [0.717, 1.165) is 36.4 Å². The van der Waals surface area contributed by atoms with Crippen molar-refractivity contribution in [1.82, 2.24) is 18.8 Å². The zero-order chi connectivity index (χ0) is 26.8. The van der Waals surface area contributed by atoms with Crippen molar-refractivity contribution in [2.45, 2.75) is 47.9 Å². The predicted octanol–water partition coefficient (Wildman–Crippen LogP) is 3.19. The van der Waals surface area contributed by atoms with Crippen LogP contribution in [0.1, 0.15) is 42.5 Å². The lowest BCUT2D eigenvalue weighted by Crippen LogP contribution is -2.38.